The third-order valence-corrected chi connectivity index (χ3v) is 5.37. The summed E-state index contributed by atoms with van der Waals surface area (Å²) in [7, 11) is -3.38. The molecule has 0 aliphatic rings. The molecule has 0 bridgehead atoms. The minimum Gasteiger partial charge on any atom is -0.455 e. The molecular weight excluding hydrogens is 338 g/mol. The molecule has 2 aromatic rings. The van der Waals surface area contributed by atoms with E-state index in [9.17, 15) is 13.2 Å². The van der Waals surface area contributed by atoms with Gasteiger partial charge in [-0.15, -0.1) is 0 Å². The molecule has 0 unspecified atom stereocenters. The average Bonchev–Trinajstić information content (AvgIpc) is 2.96. The highest BCUT2D eigenvalue weighted by Gasteiger charge is 2.18. The number of carbonyl (C=O) groups excluding carboxylic acids is 1. The van der Waals surface area contributed by atoms with Crippen molar-refractivity contribution in [3.63, 3.8) is 0 Å². The molecule has 0 aliphatic heterocycles. The normalized spacial score (nSPS) is 11.7. The number of carbonyl (C=O) groups is 1. The van der Waals surface area contributed by atoms with Crippen LogP contribution in [0.1, 0.15) is 47.7 Å². The van der Waals surface area contributed by atoms with Crippen LogP contribution in [0.3, 0.4) is 0 Å². The lowest BCUT2D eigenvalue weighted by atomic mass is 10.1. The molecule has 0 radical (unpaired) electrons. The molecular formula is C19H25NO4S. The first kappa shape index (κ1) is 19.2. The van der Waals surface area contributed by atoms with Gasteiger partial charge in [0.2, 0.25) is 0 Å². The van der Waals surface area contributed by atoms with Crippen LogP contribution in [-0.4, -0.2) is 20.9 Å². The number of benzene rings is 1. The molecule has 1 aromatic heterocycles. The number of furan rings is 1. The third kappa shape index (κ3) is 6.05. The Kier molecular flexibility index (Phi) is 6.42. The van der Waals surface area contributed by atoms with Gasteiger partial charge in [-0.2, -0.15) is 0 Å². The topological polar surface area (TPSA) is 76.4 Å². The van der Waals surface area contributed by atoms with Gasteiger partial charge in [0.25, 0.3) is 5.91 Å². The van der Waals surface area contributed by atoms with E-state index in [2.05, 4.69) is 19.2 Å². The average molecular weight is 363 g/mol. The summed E-state index contributed by atoms with van der Waals surface area (Å²) in [5, 5.41) is 2.77. The SMILES string of the molecule is Cc1ccccc1CS(=O)(=O)Cc1ccc(C(=O)NCCC(C)C)o1. The lowest BCUT2D eigenvalue weighted by Gasteiger charge is -2.06. The van der Waals surface area contributed by atoms with Gasteiger partial charge in [-0.25, -0.2) is 8.42 Å². The lowest BCUT2D eigenvalue weighted by Crippen LogP contribution is -2.24. The van der Waals surface area contributed by atoms with Crippen LogP contribution < -0.4 is 5.32 Å². The van der Waals surface area contributed by atoms with Crippen LogP contribution in [0.15, 0.2) is 40.8 Å². The Hall–Kier alpha value is -2.08. The molecule has 1 aromatic carbocycles. The van der Waals surface area contributed by atoms with E-state index in [0.717, 1.165) is 17.5 Å². The van der Waals surface area contributed by atoms with Gasteiger partial charge < -0.3 is 9.73 Å². The smallest absolute Gasteiger partial charge is 0.286 e. The zero-order valence-electron chi connectivity index (χ0n) is 14.9. The van der Waals surface area contributed by atoms with Crippen LogP contribution in [0.2, 0.25) is 0 Å². The number of rotatable bonds is 8. The number of amides is 1. The van der Waals surface area contributed by atoms with E-state index in [0.29, 0.717) is 12.5 Å². The van der Waals surface area contributed by atoms with Crippen molar-refractivity contribution in [2.75, 3.05) is 6.54 Å². The zero-order chi connectivity index (χ0) is 18.4. The van der Waals surface area contributed by atoms with Gasteiger partial charge in [-0.3, -0.25) is 4.79 Å². The van der Waals surface area contributed by atoms with Crippen LogP contribution in [-0.2, 0) is 21.3 Å². The first-order valence-electron chi connectivity index (χ1n) is 8.38. The van der Waals surface area contributed by atoms with Crippen LogP contribution in [0, 0.1) is 12.8 Å². The van der Waals surface area contributed by atoms with Gasteiger partial charge in [0.15, 0.2) is 15.6 Å². The van der Waals surface area contributed by atoms with Gasteiger partial charge in [-0.05, 0) is 42.5 Å². The first-order valence-corrected chi connectivity index (χ1v) is 10.2. The second-order valence-corrected chi connectivity index (χ2v) is 8.73. The van der Waals surface area contributed by atoms with E-state index in [4.69, 9.17) is 4.42 Å². The van der Waals surface area contributed by atoms with Crippen molar-refractivity contribution < 1.29 is 17.6 Å². The van der Waals surface area contributed by atoms with Crippen molar-refractivity contribution in [1.82, 2.24) is 5.32 Å². The molecule has 0 fully saturated rings. The van der Waals surface area contributed by atoms with Crippen LogP contribution in [0.5, 0.6) is 0 Å². The van der Waals surface area contributed by atoms with Gasteiger partial charge in [0.05, 0.1) is 5.75 Å². The van der Waals surface area contributed by atoms with Crippen molar-refractivity contribution >= 4 is 15.7 Å². The minimum absolute atomic E-state index is 0.0453. The maximum Gasteiger partial charge on any atom is 0.286 e. The molecule has 5 nitrogen and oxygen atoms in total. The van der Waals surface area contributed by atoms with Gasteiger partial charge in [0, 0.05) is 6.54 Å². The molecule has 0 aliphatic carbocycles. The first-order chi connectivity index (χ1) is 11.8. The fraction of sp³-hybridized carbons (Fsp3) is 0.421. The second-order valence-electron chi connectivity index (χ2n) is 6.66. The molecule has 1 N–H and O–H groups in total. The van der Waals surface area contributed by atoms with E-state index < -0.39 is 9.84 Å². The summed E-state index contributed by atoms with van der Waals surface area (Å²) >= 11 is 0. The number of hydrogen-bond acceptors (Lipinski definition) is 4. The van der Waals surface area contributed by atoms with Gasteiger partial charge in [-0.1, -0.05) is 38.1 Å². The maximum atomic E-state index is 12.4. The Morgan fingerprint density at radius 2 is 1.84 bits per heavy atom. The second kappa shape index (κ2) is 8.34. The minimum atomic E-state index is -3.38. The summed E-state index contributed by atoms with van der Waals surface area (Å²) in [6, 6.07) is 10.5. The van der Waals surface area contributed by atoms with Crippen molar-refractivity contribution in [1.29, 1.82) is 0 Å². The molecule has 25 heavy (non-hydrogen) atoms. The molecule has 1 amide bonds. The fourth-order valence-electron chi connectivity index (χ4n) is 2.42. The quantitative estimate of drug-likeness (QED) is 0.779. The molecule has 6 heteroatoms. The monoisotopic (exact) mass is 363 g/mol. The molecule has 0 saturated heterocycles. The standard InChI is InChI=1S/C19H25NO4S/c1-14(2)10-11-20-19(21)18-9-8-17(24-18)13-25(22,23)12-16-7-5-4-6-15(16)3/h4-9,14H,10-13H2,1-3H3,(H,20,21). The number of nitrogens with one attached hydrogen (secondary N) is 1. The van der Waals surface area contributed by atoms with E-state index in [1.165, 1.54) is 6.07 Å². The lowest BCUT2D eigenvalue weighted by molar-refractivity contribution is 0.0923. The predicted molar refractivity (Wildman–Crippen MR) is 98.0 cm³/mol. The van der Waals surface area contributed by atoms with Crippen molar-refractivity contribution in [3.05, 3.63) is 59.0 Å². The van der Waals surface area contributed by atoms with Crippen molar-refractivity contribution in [2.45, 2.75) is 38.7 Å². The molecule has 0 spiro atoms. The van der Waals surface area contributed by atoms with E-state index >= 15 is 0 Å². The maximum absolute atomic E-state index is 12.4. The summed E-state index contributed by atoms with van der Waals surface area (Å²) in [4.78, 5) is 12.0. The highest BCUT2D eigenvalue weighted by Crippen LogP contribution is 2.17. The summed E-state index contributed by atoms with van der Waals surface area (Å²) < 4.78 is 30.2. The highest BCUT2D eigenvalue weighted by atomic mass is 32.2. The van der Waals surface area contributed by atoms with Crippen LogP contribution in [0.4, 0.5) is 0 Å². The zero-order valence-corrected chi connectivity index (χ0v) is 15.7. The molecule has 0 saturated carbocycles. The Balaban J connectivity index is 1.98. The number of sulfone groups is 1. The Morgan fingerprint density at radius 1 is 1.12 bits per heavy atom. The summed E-state index contributed by atoms with van der Waals surface area (Å²) in [5.41, 5.74) is 1.72. The Morgan fingerprint density at radius 3 is 2.52 bits per heavy atom. The van der Waals surface area contributed by atoms with Crippen molar-refractivity contribution in [2.24, 2.45) is 5.92 Å². The molecule has 2 rings (SSSR count). The highest BCUT2D eigenvalue weighted by molar-refractivity contribution is 7.89. The van der Waals surface area contributed by atoms with E-state index in [-0.39, 0.29) is 28.9 Å². The summed E-state index contributed by atoms with van der Waals surface area (Å²) in [6.07, 6.45) is 0.879. The predicted octanol–water partition coefficient (Wildman–Crippen LogP) is 3.48. The largest absolute Gasteiger partial charge is 0.455 e. The molecule has 0 atom stereocenters. The Bertz CT molecular complexity index is 821. The number of aryl methyl sites for hydroxylation is 1. The van der Waals surface area contributed by atoms with Gasteiger partial charge in [0.1, 0.15) is 11.5 Å². The van der Waals surface area contributed by atoms with Crippen molar-refractivity contribution in [3.8, 4) is 0 Å². The van der Waals surface area contributed by atoms with Gasteiger partial charge >= 0.3 is 0 Å². The van der Waals surface area contributed by atoms with Crippen LogP contribution in [0.25, 0.3) is 0 Å². The summed E-state index contributed by atoms with van der Waals surface area (Å²) in [5.74, 6) is 0.339. The van der Waals surface area contributed by atoms with Crippen LogP contribution >= 0.6 is 0 Å². The summed E-state index contributed by atoms with van der Waals surface area (Å²) in [6.45, 7) is 6.61. The van der Waals surface area contributed by atoms with E-state index in [1.54, 1.807) is 6.07 Å². The molecule has 1 heterocycles. The Labute approximate surface area is 149 Å². The molecule has 136 valence electrons. The van der Waals surface area contributed by atoms with E-state index in [1.807, 2.05) is 31.2 Å². The fourth-order valence-corrected chi connectivity index (χ4v) is 3.90. The number of hydrogen-bond donors (Lipinski definition) is 1. The third-order valence-electron chi connectivity index (χ3n) is 3.89.